The maximum absolute atomic E-state index is 13.5. The van der Waals surface area contributed by atoms with Crippen molar-refractivity contribution in [1.29, 1.82) is 0 Å². The summed E-state index contributed by atoms with van der Waals surface area (Å²) in [5, 5.41) is 3.05. The third-order valence-electron chi connectivity index (χ3n) is 1.97. The number of hydrogen-bond donors (Lipinski definition) is 2. The van der Waals surface area contributed by atoms with Crippen molar-refractivity contribution in [2.75, 3.05) is 11.1 Å². The number of hydrogen-bond acceptors (Lipinski definition) is 4. The van der Waals surface area contributed by atoms with Crippen LogP contribution < -0.4 is 11.1 Å². The summed E-state index contributed by atoms with van der Waals surface area (Å²) in [6, 6.07) is 4.21. The van der Waals surface area contributed by atoms with Gasteiger partial charge >= 0.3 is 0 Å². The lowest BCUT2D eigenvalue weighted by molar-refractivity contribution is 0.632. The zero-order valence-electron chi connectivity index (χ0n) is 8.42. The molecule has 0 atom stereocenters. The summed E-state index contributed by atoms with van der Waals surface area (Å²) in [5.74, 6) is -0.266. The molecule has 0 amide bonds. The van der Waals surface area contributed by atoms with Crippen LogP contribution in [0.3, 0.4) is 0 Å². The van der Waals surface area contributed by atoms with E-state index in [4.69, 9.17) is 28.9 Å². The van der Waals surface area contributed by atoms with Gasteiger partial charge in [0.05, 0.1) is 17.6 Å². The molecule has 1 aromatic carbocycles. The van der Waals surface area contributed by atoms with Crippen molar-refractivity contribution in [2.24, 2.45) is 0 Å². The molecule has 0 radical (unpaired) electrons. The molecule has 17 heavy (non-hydrogen) atoms. The minimum absolute atomic E-state index is 0.0241. The van der Waals surface area contributed by atoms with Gasteiger partial charge in [0.1, 0.15) is 5.82 Å². The van der Waals surface area contributed by atoms with Gasteiger partial charge in [-0.15, -0.1) is 0 Å². The second-order valence-electron chi connectivity index (χ2n) is 3.19. The van der Waals surface area contributed by atoms with Crippen LogP contribution in [0.5, 0.6) is 0 Å². The normalized spacial score (nSPS) is 10.3. The smallest absolute Gasteiger partial charge is 0.224 e. The van der Waals surface area contributed by atoms with Crippen molar-refractivity contribution < 1.29 is 4.39 Å². The number of nitrogens with one attached hydrogen (secondary N) is 1. The molecule has 0 fully saturated rings. The van der Waals surface area contributed by atoms with E-state index in [1.54, 1.807) is 6.07 Å². The fourth-order valence-electron chi connectivity index (χ4n) is 1.19. The van der Waals surface area contributed by atoms with Gasteiger partial charge in [-0.2, -0.15) is 4.98 Å². The minimum Gasteiger partial charge on any atom is -0.394 e. The number of anilines is 3. The van der Waals surface area contributed by atoms with Crippen LogP contribution >= 0.6 is 23.2 Å². The molecular formula is C10H7Cl2FN4. The Labute approximate surface area is 107 Å². The molecule has 1 heterocycles. The van der Waals surface area contributed by atoms with E-state index in [2.05, 4.69) is 15.3 Å². The van der Waals surface area contributed by atoms with Gasteiger partial charge in [0.25, 0.3) is 0 Å². The Bertz CT molecular complexity index is 562. The van der Waals surface area contributed by atoms with E-state index in [1.807, 2.05) is 0 Å². The Balaban J connectivity index is 2.34. The highest BCUT2D eigenvalue weighted by molar-refractivity contribution is 6.30. The fourth-order valence-corrected chi connectivity index (χ4v) is 1.48. The van der Waals surface area contributed by atoms with Crippen molar-refractivity contribution in [3.05, 3.63) is 40.5 Å². The van der Waals surface area contributed by atoms with Crippen LogP contribution in [0.15, 0.2) is 24.4 Å². The third-order valence-corrected chi connectivity index (χ3v) is 2.39. The molecule has 0 saturated heterocycles. The molecule has 0 aliphatic rings. The van der Waals surface area contributed by atoms with E-state index in [9.17, 15) is 4.39 Å². The zero-order valence-corrected chi connectivity index (χ0v) is 9.93. The van der Waals surface area contributed by atoms with E-state index < -0.39 is 5.82 Å². The van der Waals surface area contributed by atoms with E-state index in [-0.39, 0.29) is 22.5 Å². The fraction of sp³-hybridized carbons (Fsp3) is 0. The first-order chi connectivity index (χ1) is 8.06. The van der Waals surface area contributed by atoms with Gasteiger partial charge in [0.2, 0.25) is 5.28 Å². The molecule has 7 heteroatoms. The van der Waals surface area contributed by atoms with E-state index >= 15 is 0 Å². The topological polar surface area (TPSA) is 63.8 Å². The maximum Gasteiger partial charge on any atom is 0.224 e. The highest BCUT2D eigenvalue weighted by atomic mass is 35.5. The van der Waals surface area contributed by atoms with Crippen LogP contribution in [0.4, 0.5) is 21.6 Å². The van der Waals surface area contributed by atoms with Gasteiger partial charge in [-0.3, -0.25) is 0 Å². The summed E-state index contributed by atoms with van der Waals surface area (Å²) in [6.07, 6.45) is 1.34. The Kier molecular flexibility index (Phi) is 3.31. The molecular weight excluding hydrogens is 266 g/mol. The molecule has 2 aromatic rings. The molecule has 0 aliphatic heterocycles. The molecule has 0 saturated carbocycles. The molecule has 1 aromatic heterocycles. The number of aromatic nitrogens is 2. The summed E-state index contributed by atoms with van der Waals surface area (Å²) in [5.41, 5.74) is 6.09. The molecule has 0 aliphatic carbocycles. The molecule has 4 nitrogen and oxygen atoms in total. The Morgan fingerprint density at radius 2 is 2.06 bits per heavy atom. The van der Waals surface area contributed by atoms with Crippen molar-refractivity contribution in [1.82, 2.24) is 9.97 Å². The maximum atomic E-state index is 13.5. The second-order valence-corrected chi connectivity index (χ2v) is 3.97. The lowest BCUT2D eigenvalue weighted by Gasteiger charge is -2.08. The highest BCUT2D eigenvalue weighted by Gasteiger charge is 2.07. The molecule has 0 spiro atoms. The van der Waals surface area contributed by atoms with E-state index in [0.717, 1.165) is 0 Å². The number of rotatable bonds is 2. The van der Waals surface area contributed by atoms with Gasteiger partial charge in [-0.25, -0.2) is 9.37 Å². The van der Waals surface area contributed by atoms with Crippen molar-refractivity contribution >= 4 is 40.4 Å². The first-order valence-electron chi connectivity index (χ1n) is 4.56. The number of nitrogens with two attached hydrogens (primary N) is 1. The predicted molar refractivity (Wildman–Crippen MR) is 66.1 cm³/mol. The summed E-state index contributed by atoms with van der Waals surface area (Å²) in [6.45, 7) is 0. The van der Waals surface area contributed by atoms with Crippen LogP contribution in [0.2, 0.25) is 10.3 Å². The third kappa shape index (κ3) is 2.75. The van der Waals surface area contributed by atoms with Crippen molar-refractivity contribution in [3.63, 3.8) is 0 Å². The predicted octanol–water partition coefficient (Wildman–Crippen LogP) is 3.25. The van der Waals surface area contributed by atoms with Crippen LogP contribution in [0.25, 0.3) is 0 Å². The average Bonchev–Trinajstić information content (AvgIpc) is 2.27. The quantitative estimate of drug-likeness (QED) is 0.824. The van der Waals surface area contributed by atoms with Gasteiger partial charge in [-0.05, 0) is 29.8 Å². The number of nitrogens with zero attached hydrogens (tertiary/aromatic N) is 2. The summed E-state index contributed by atoms with van der Waals surface area (Å²) in [7, 11) is 0. The second kappa shape index (κ2) is 4.73. The molecule has 0 unspecified atom stereocenters. The standard InChI is InChI=1S/C10H7Cl2FN4/c11-5-1-2-8(6(13)3-5)16-9-7(14)4-15-10(12)17-9/h1-4H,14H2,(H,15,16,17). The van der Waals surface area contributed by atoms with Crippen LogP contribution in [-0.4, -0.2) is 9.97 Å². The minimum atomic E-state index is -0.508. The SMILES string of the molecule is Nc1cnc(Cl)nc1Nc1ccc(Cl)cc1F. The van der Waals surface area contributed by atoms with Gasteiger partial charge in [0, 0.05) is 5.02 Å². The summed E-state index contributed by atoms with van der Waals surface area (Å²) < 4.78 is 13.5. The summed E-state index contributed by atoms with van der Waals surface area (Å²) >= 11 is 11.3. The van der Waals surface area contributed by atoms with Gasteiger partial charge < -0.3 is 11.1 Å². The lowest BCUT2D eigenvalue weighted by atomic mass is 10.3. The first-order valence-corrected chi connectivity index (χ1v) is 5.32. The van der Waals surface area contributed by atoms with Crippen molar-refractivity contribution in [3.8, 4) is 0 Å². The number of halogens is 3. The van der Waals surface area contributed by atoms with Gasteiger partial charge in [0.15, 0.2) is 5.82 Å². The van der Waals surface area contributed by atoms with E-state index in [0.29, 0.717) is 5.02 Å². The van der Waals surface area contributed by atoms with Crippen LogP contribution in [0, 0.1) is 5.82 Å². The number of nitrogen functional groups attached to an aromatic ring is 1. The molecule has 88 valence electrons. The van der Waals surface area contributed by atoms with Crippen molar-refractivity contribution in [2.45, 2.75) is 0 Å². The largest absolute Gasteiger partial charge is 0.394 e. The lowest BCUT2D eigenvalue weighted by Crippen LogP contribution is -2.02. The molecule has 3 N–H and O–H groups in total. The van der Waals surface area contributed by atoms with E-state index in [1.165, 1.54) is 18.3 Å². The first kappa shape index (κ1) is 11.9. The average molecular weight is 273 g/mol. The molecule has 2 rings (SSSR count). The highest BCUT2D eigenvalue weighted by Crippen LogP contribution is 2.25. The van der Waals surface area contributed by atoms with Crippen LogP contribution in [0.1, 0.15) is 0 Å². The Morgan fingerprint density at radius 3 is 2.76 bits per heavy atom. The van der Waals surface area contributed by atoms with Crippen LogP contribution in [-0.2, 0) is 0 Å². The monoisotopic (exact) mass is 272 g/mol. The Hall–Kier alpha value is -1.59. The number of benzene rings is 1. The summed E-state index contributed by atoms with van der Waals surface area (Å²) in [4.78, 5) is 7.54. The Morgan fingerprint density at radius 1 is 1.29 bits per heavy atom. The van der Waals surface area contributed by atoms with Gasteiger partial charge in [-0.1, -0.05) is 11.6 Å². The zero-order chi connectivity index (χ0) is 12.4. The molecule has 0 bridgehead atoms.